The minimum absolute atomic E-state index is 0.0349. The maximum absolute atomic E-state index is 14.8. The van der Waals surface area contributed by atoms with Crippen LogP contribution >= 0.6 is 0 Å². The van der Waals surface area contributed by atoms with Gasteiger partial charge >= 0.3 is 6.18 Å². The number of alkyl halides is 3. The molecule has 0 aliphatic carbocycles. The summed E-state index contributed by atoms with van der Waals surface area (Å²) in [5.41, 5.74) is -0.499. The predicted molar refractivity (Wildman–Crippen MR) is 107 cm³/mol. The molecule has 1 heterocycles. The molecule has 3 aromatic rings. The van der Waals surface area contributed by atoms with Crippen molar-refractivity contribution in [1.82, 2.24) is 0 Å². The van der Waals surface area contributed by atoms with Crippen molar-refractivity contribution < 1.29 is 31.1 Å². The van der Waals surface area contributed by atoms with E-state index in [1.165, 1.54) is 24.3 Å². The Balaban J connectivity index is 1.84. The summed E-state index contributed by atoms with van der Waals surface area (Å²) in [4.78, 5) is 0. The second-order valence-corrected chi connectivity index (χ2v) is 7.15. The summed E-state index contributed by atoms with van der Waals surface area (Å²) in [5, 5.41) is 5.67. The smallest absolute Gasteiger partial charge is 0.419 e. The van der Waals surface area contributed by atoms with E-state index in [1.807, 2.05) is 0 Å². The molecule has 0 spiro atoms. The molecule has 4 rings (SSSR count). The Morgan fingerprint density at radius 3 is 2.44 bits per heavy atom. The Hall–Kier alpha value is -3.49. The number of methoxy groups -OCH3 is 1. The van der Waals surface area contributed by atoms with Gasteiger partial charge in [-0.3, -0.25) is 5.01 Å². The van der Waals surface area contributed by atoms with Crippen LogP contribution in [0.1, 0.15) is 22.3 Å². The molecule has 0 N–H and O–H groups in total. The van der Waals surface area contributed by atoms with Crippen LogP contribution < -0.4 is 9.75 Å². The van der Waals surface area contributed by atoms with Crippen LogP contribution in [-0.2, 0) is 19.1 Å². The summed E-state index contributed by atoms with van der Waals surface area (Å²) >= 11 is 0. The van der Waals surface area contributed by atoms with Crippen LogP contribution in [0.2, 0.25) is 0 Å². The summed E-state index contributed by atoms with van der Waals surface area (Å²) in [6, 6.07) is 11.1. The van der Waals surface area contributed by atoms with E-state index >= 15 is 0 Å². The first-order chi connectivity index (χ1) is 15.2. The fourth-order valence-electron chi connectivity index (χ4n) is 3.63. The van der Waals surface area contributed by atoms with E-state index < -0.39 is 29.2 Å². The molecule has 0 fully saturated rings. The van der Waals surface area contributed by atoms with Crippen LogP contribution in [0, 0.1) is 17.5 Å². The molecule has 0 atom stereocenters. The second-order valence-electron chi connectivity index (χ2n) is 7.15. The van der Waals surface area contributed by atoms with E-state index in [2.05, 4.69) is 5.10 Å². The molecule has 0 unspecified atom stereocenters. The van der Waals surface area contributed by atoms with Gasteiger partial charge in [-0.1, -0.05) is 30.3 Å². The highest BCUT2D eigenvalue weighted by Gasteiger charge is 2.36. The molecule has 32 heavy (non-hydrogen) atoms. The van der Waals surface area contributed by atoms with Crippen molar-refractivity contribution in [3.8, 4) is 5.75 Å². The molecular formula is C23H16F6N2O. The second kappa shape index (κ2) is 8.22. The lowest BCUT2D eigenvalue weighted by atomic mass is 9.96. The van der Waals surface area contributed by atoms with Gasteiger partial charge in [0.05, 0.1) is 24.9 Å². The first-order valence-electron chi connectivity index (χ1n) is 9.50. The van der Waals surface area contributed by atoms with Crippen molar-refractivity contribution in [2.45, 2.75) is 19.1 Å². The van der Waals surface area contributed by atoms with E-state index in [0.29, 0.717) is 23.1 Å². The topological polar surface area (TPSA) is 24.8 Å². The third kappa shape index (κ3) is 4.02. The molecule has 0 aromatic heterocycles. The lowest BCUT2D eigenvalue weighted by molar-refractivity contribution is -0.140. The molecule has 0 saturated heterocycles. The largest absolute Gasteiger partial charge is 0.494 e. The van der Waals surface area contributed by atoms with Crippen molar-refractivity contribution in [2.24, 2.45) is 5.10 Å². The Morgan fingerprint density at radius 2 is 1.75 bits per heavy atom. The van der Waals surface area contributed by atoms with E-state index in [0.717, 1.165) is 18.2 Å². The maximum atomic E-state index is 14.8. The fourth-order valence-corrected chi connectivity index (χ4v) is 3.63. The van der Waals surface area contributed by atoms with Crippen LogP contribution in [0.15, 0.2) is 59.7 Å². The number of para-hydroxylation sites is 1. The van der Waals surface area contributed by atoms with Gasteiger partial charge in [0.1, 0.15) is 28.9 Å². The molecule has 3 aromatic carbocycles. The van der Waals surface area contributed by atoms with E-state index in [1.54, 1.807) is 18.2 Å². The first-order valence-corrected chi connectivity index (χ1v) is 9.50. The molecular weight excluding hydrogens is 434 g/mol. The highest BCUT2D eigenvalue weighted by Crippen LogP contribution is 2.39. The minimum atomic E-state index is -4.87. The summed E-state index contributed by atoms with van der Waals surface area (Å²) in [6.45, 7) is -0.177. The third-order valence-corrected chi connectivity index (χ3v) is 5.11. The first kappa shape index (κ1) is 21.7. The number of halogens is 6. The minimum Gasteiger partial charge on any atom is -0.494 e. The van der Waals surface area contributed by atoms with Crippen molar-refractivity contribution in [3.63, 3.8) is 0 Å². The average molecular weight is 450 g/mol. The SMILES string of the molecule is COc1cccc2c1N(Cc1ccc(F)cc1F)N=C(c1cccc(C(F)(F)F)c1F)C2. The van der Waals surface area contributed by atoms with Gasteiger partial charge in [0, 0.05) is 23.6 Å². The zero-order chi connectivity index (χ0) is 23.0. The van der Waals surface area contributed by atoms with Crippen LogP contribution in [0.3, 0.4) is 0 Å². The molecule has 0 amide bonds. The number of ether oxygens (including phenoxy) is 1. The summed E-state index contributed by atoms with van der Waals surface area (Å²) in [5.74, 6) is -2.59. The van der Waals surface area contributed by atoms with E-state index in [4.69, 9.17) is 4.74 Å². The highest BCUT2D eigenvalue weighted by atomic mass is 19.4. The normalized spacial score (nSPS) is 13.6. The van der Waals surface area contributed by atoms with Crippen molar-refractivity contribution in [3.05, 3.63) is 94.3 Å². The van der Waals surface area contributed by atoms with Gasteiger partial charge in [-0.15, -0.1) is 0 Å². The number of fused-ring (bicyclic) bond motifs is 1. The predicted octanol–water partition coefficient (Wildman–Crippen LogP) is 6.10. The number of nitrogens with zero attached hydrogens (tertiary/aromatic N) is 2. The Bertz CT molecular complexity index is 1210. The Morgan fingerprint density at radius 1 is 1.00 bits per heavy atom. The van der Waals surface area contributed by atoms with Crippen LogP contribution in [0.4, 0.5) is 32.0 Å². The number of rotatable bonds is 4. The van der Waals surface area contributed by atoms with Crippen molar-refractivity contribution >= 4 is 11.4 Å². The summed E-state index contributed by atoms with van der Waals surface area (Å²) < 4.78 is 87.4. The van der Waals surface area contributed by atoms with Crippen LogP contribution in [0.5, 0.6) is 5.75 Å². The number of hydrogen-bond donors (Lipinski definition) is 0. The molecule has 166 valence electrons. The fraction of sp³-hybridized carbons (Fsp3) is 0.174. The van der Waals surface area contributed by atoms with Gasteiger partial charge in [0.25, 0.3) is 0 Å². The van der Waals surface area contributed by atoms with Crippen molar-refractivity contribution in [2.75, 3.05) is 12.1 Å². The van der Waals surface area contributed by atoms with Gasteiger partial charge < -0.3 is 4.74 Å². The number of benzene rings is 3. The highest BCUT2D eigenvalue weighted by molar-refractivity contribution is 6.05. The zero-order valence-electron chi connectivity index (χ0n) is 16.7. The summed E-state index contributed by atoms with van der Waals surface area (Å²) in [7, 11) is 1.43. The molecule has 0 bridgehead atoms. The van der Waals surface area contributed by atoms with Gasteiger partial charge in [0.2, 0.25) is 0 Å². The third-order valence-electron chi connectivity index (χ3n) is 5.11. The Kier molecular flexibility index (Phi) is 5.58. The molecule has 1 aliphatic rings. The van der Waals surface area contributed by atoms with Crippen LogP contribution in [0.25, 0.3) is 0 Å². The number of anilines is 1. The molecule has 0 saturated carbocycles. The maximum Gasteiger partial charge on any atom is 0.419 e. The quantitative estimate of drug-likeness (QED) is 0.449. The lowest BCUT2D eigenvalue weighted by Crippen LogP contribution is -2.28. The van der Waals surface area contributed by atoms with Gasteiger partial charge in [-0.25, -0.2) is 13.2 Å². The summed E-state index contributed by atoms with van der Waals surface area (Å²) in [6.07, 6.45) is -4.83. The lowest BCUT2D eigenvalue weighted by Gasteiger charge is -2.30. The van der Waals surface area contributed by atoms with Crippen molar-refractivity contribution in [1.29, 1.82) is 0 Å². The molecule has 1 aliphatic heterocycles. The number of hydrogen-bond acceptors (Lipinski definition) is 3. The van der Waals surface area contributed by atoms with Crippen LogP contribution in [-0.4, -0.2) is 12.8 Å². The standard InChI is InChI=1S/C23H16F6N2O/c1-32-20-7-2-4-13-10-19(16-5-3-6-17(21(16)26)23(27,28)29)30-31(22(13)20)12-14-8-9-15(24)11-18(14)25/h2-9,11H,10,12H2,1H3. The molecule has 0 radical (unpaired) electrons. The zero-order valence-corrected chi connectivity index (χ0v) is 16.7. The monoisotopic (exact) mass is 450 g/mol. The molecule has 9 heteroatoms. The molecule has 3 nitrogen and oxygen atoms in total. The number of hydrazone groups is 1. The van der Waals surface area contributed by atoms with E-state index in [9.17, 15) is 26.3 Å². The van der Waals surface area contributed by atoms with E-state index in [-0.39, 0.29) is 29.8 Å². The van der Waals surface area contributed by atoms with Gasteiger partial charge in [-0.05, 0) is 23.8 Å². The Labute approximate surface area is 179 Å². The van der Waals surface area contributed by atoms with Gasteiger partial charge in [0.15, 0.2) is 0 Å². The average Bonchev–Trinajstić information content (AvgIpc) is 2.74. The van der Waals surface area contributed by atoms with Gasteiger partial charge in [-0.2, -0.15) is 18.3 Å².